The lowest BCUT2D eigenvalue weighted by Gasteiger charge is -2.61. The van der Waals surface area contributed by atoms with Crippen molar-refractivity contribution in [2.75, 3.05) is 0 Å². The molecule has 1 aromatic heterocycles. The number of hydrogen-bond acceptors (Lipinski definition) is 2. The summed E-state index contributed by atoms with van der Waals surface area (Å²) in [4.78, 5) is 11.6. The Hall–Kier alpha value is -0.920. The Morgan fingerprint density at radius 1 is 0.446 bits per heavy atom. The fourth-order valence-electron chi connectivity index (χ4n) is 18.7. The van der Waals surface area contributed by atoms with Crippen LogP contribution in [0.25, 0.3) is 0 Å². The Morgan fingerprint density at radius 2 is 0.839 bits per heavy atom. The first-order chi connectivity index (χ1) is 26.7. The minimum absolute atomic E-state index is 0.414. The Morgan fingerprint density at radius 3 is 1.25 bits per heavy atom. The highest BCUT2D eigenvalue weighted by Gasteiger charge is 2.63. The average molecular weight is 765 g/mol. The predicted molar refractivity (Wildman–Crippen MR) is 235 cm³/mol. The topological polar surface area (TPSA) is 25.8 Å². The van der Waals surface area contributed by atoms with Crippen molar-refractivity contribution in [3.63, 3.8) is 0 Å². The maximum Gasteiger partial charge on any atom is 0.0628 e. The van der Waals surface area contributed by atoms with E-state index in [0.29, 0.717) is 21.7 Å². The van der Waals surface area contributed by atoms with E-state index in [2.05, 4.69) is 69.2 Å². The largest absolute Gasteiger partial charge is 0.254 e. The van der Waals surface area contributed by atoms with E-state index in [9.17, 15) is 0 Å². The van der Waals surface area contributed by atoms with Gasteiger partial charge in [0.1, 0.15) is 0 Å². The fourth-order valence-corrected chi connectivity index (χ4v) is 18.7. The highest BCUT2D eigenvalue weighted by molar-refractivity contribution is 5.31. The highest BCUT2D eigenvalue weighted by atomic mass is 14.9. The van der Waals surface area contributed by atoms with E-state index in [1.807, 2.05) is 0 Å². The van der Waals surface area contributed by atoms with E-state index >= 15 is 0 Å². The van der Waals surface area contributed by atoms with Crippen LogP contribution in [0, 0.1) is 105 Å². The first-order valence-electron chi connectivity index (χ1n) is 25.5. The van der Waals surface area contributed by atoms with Gasteiger partial charge in [0.2, 0.25) is 0 Å². The van der Waals surface area contributed by atoms with Crippen LogP contribution in [-0.4, -0.2) is 9.97 Å². The number of nitrogens with zero attached hydrogens (tertiary/aromatic N) is 2. The summed E-state index contributed by atoms with van der Waals surface area (Å²) in [5.74, 6) is 12.6. The molecule has 0 unspecified atom stereocenters. The van der Waals surface area contributed by atoms with E-state index < -0.39 is 0 Å². The molecule has 6 fully saturated rings. The molecule has 9 rings (SSSR count). The Labute approximate surface area is 346 Å². The summed E-state index contributed by atoms with van der Waals surface area (Å²) in [6, 6.07) is 0. The van der Waals surface area contributed by atoms with Gasteiger partial charge in [-0.2, -0.15) is 0 Å². The van der Waals surface area contributed by atoms with Gasteiger partial charge in [0, 0.05) is 0 Å². The van der Waals surface area contributed by atoms with Gasteiger partial charge >= 0.3 is 0 Å². The van der Waals surface area contributed by atoms with Crippen molar-refractivity contribution < 1.29 is 0 Å². The molecule has 0 N–H and O–H groups in total. The van der Waals surface area contributed by atoms with Crippen LogP contribution in [0.4, 0.5) is 0 Å². The Balaban J connectivity index is 0.904. The van der Waals surface area contributed by atoms with Gasteiger partial charge in [0.25, 0.3) is 0 Å². The molecule has 0 amide bonds. The molecule has 0 aromatic carbocycles. The molecule has 0 saturated heterocycles. The smallest absolute Gasteiger partial charge is 0.0628 e. The lowest BCUT2D eigenvalue weighted by molar-refractivity contribution is -0.106. The van der Waals surface area contributed by atoms with Crippen molar-refractivity contribution in [3.8, 4) is 0 Å². The molecule has 314 valence electrons. The molecule has 0 radical (unpaired) electrons. The summed E-state index contributed by atoms with van der Waals surface area (Å²) >= 11 is 0. The van der Waals surface area contributed by atoms with Gasteiger partial charge in [0.15, 0.2) is 0 Å². The van der Waals surface area contributed by atoms with Crippen molar-refractivity contribution in [1.29, 1.82) is 0 Å². The maximum atomic E-state index is 5.85. The van der Waals surface area contributed by atoms with Crippen LogP contribution >= 0.6 is 0 Å². The molecule has 2 nitrogen and oxygen atoms in total. The maximum absolute atomic E-state index is 5.85. The molecule has 2 heteroatoms. The molecule has 0 spiro atoms. The van der Waals surface area contributed by atoms with Crippen LogP contribution < -0.4 is 0 Å². The average Bonchev–Trinajstić information content (AvgIpc) is 3.68. The Bertz CT molecular complexity index is 1460. The van der Waals surface area contributed by atoms with Crippen LogP contribution in [0.1, 0.15) is 208 Å². The molecule has 0 bridgehead atoms. The van der Waals surface area contributed by atoms with Gasteiger partial charge in [-0.1, -0.05) is 108 Å². The van der Waals surface area contributed by atoms with E-state index in [0.717, 1.165) is 82.9 Å². The molecule has 1 aromatic rings. The predicted octanol–water partition coefficient (Wildman–Crippen LogP) is 14.5. The van der Waals surface area contributed by atoms with E-state index in [-0.39, 0.29) is 0 Å². The quantitative estimate of drug-likeness (QED) is 0.237. The molecule has 0 aliphatic heterocycles. The summed E-state index contributed by atoms with van der Waals surface area (Å²) in [6.07, 6.45) is 31.3. The van der Waals surface area contributed by atoms with Gasteiger partial charge in [-0.15, -0.1) is 0 Å². The highest BCUT2D eigenvalue weighted by Crippen LogP contribution is 2.70. The molecular formula is C54H88N2. The number of aromatic nitrogens is 2. The zero-order chi connectivity index (χ0) is 39.4. The van der Waals surface area contributed by atoms with E-state index in [1.54, 1.807) is 0 Å². The normalized spacial score (nSPS) is 46.1. The molecule has 6 saturated carbocycles. The lowest BCUT2D eigenvalue weighted by Crippen LogP contribution is -2.55. The zero-order valence-electron chi connectivity index (χ0n) is 38.5. The summed E-state index contributed by atoms with van der Waals surface area (Å²) < 4.78 is 0. The minimum atomic E-state index is 0.414. The molecule has 16 atom stereocenters. The standard InChI is InChI=1S/C54H88N2/c1-33(2)13-11-15-35(5)41-21-23-43-39-19-17-37-29-47-49(31-53(37,9)45(39)25-27-51(41,43)7)56-50-32-54(10)38(30-48(50)55-47)18-20-40-44-24-22-42(36(6)16-12-14-34(3)4)52(44,8)28-26-46(40)54/h33-46H,11-32H2,1-10H3/t35-,36-,37+,38+,39+,40+,41-,42-,43+,44+,45+,46+,51-,52-,53+,54+/m1/s1. The first-order valence-corrected chi connectivity index (χ1v) is 25.5. The van der Waals surface area contributed by atoms with Crippen molar-refractivity contribution in [2.24, 2.45) is 105 Å². The van der Waals surface area contributed by atoms with Gasteiger partial charge in [-0.05, 0) is 207 Å². The second kappa shape index (κ2) is 14.9. The third kappa shape index (κ3) is 6.48. The van der Waals surface area contributed by atoms with Crippen LogP contribution in [0.5, 0.6) is 0 Å². The summed E-state index contributed by atoms with van der Waals surface area (Å²) in [6.45, 7) is 26.0. The number of rotatable bonds is 10. The number of fused-ring (bicyclic) bond motifs is 12. The Kier molecular flexibility index (Phi) is 10.8. The molecule has 56 heavy (non-hydrogen) atoms. The molecule has 8 aliphatic rings. The van der Waals surface area contributed by atoms with Gasteiger partial charge in [0.05, 0.1) is 22.8 Å². The minimum Gasteiger partial charge on any atom is -0.254 e. The van der Waals surface area contributed by atoms with Crippen LogP contribution in [0.15, 0.2) is 0 Å². The van der Waals surface area contributed by atoms with Crippen LogP contribution in [-0.2, 0) is 25.7 Å². The molecule has 8 aliphatic carbocycles. The van der Waals surface area contributed by atoms with Crippen molar-refractivity contribution in [3.05, 3.63) is 22.8 Å². The lowest BCUT2D eigenvalue weighted by atomic mass is 9.44. The summed E-state index contributed by atoms with van der Waals surface area (Å²) in [7, 11) is 0. The fraction of sp³-hybridized carbons (Fsp3) is 0.926. The van der Waals surface area contributed by atoms with Crippen molar-refractivity contribution >= 4 is 0 Å². The molecular weight excluding hydrogens is 677 g/mol. The zero-order valence-corrected chi connectivity index (χ0v) is 38.5. The first kappa shape index (κ1) is 40.5. The van der Waals surface area contributed by atoms with Crippen molar-refractivity contribution in [1.82, 2.24) is 9.97 Å². The van der Waals surface area contributed by atoms with E-state index in [4.69, 9.17) is 9.97 Å². The van der Waals surface area contributed by atoms with E-state index in [1.165, 1.54) is 164 Å². The van der Waals surface area contributed by atoms with Gasteiger partial charge in [-0.3, -0.25) is 9.97 Å². The van der Waals surface area contributed by atoms with Gasteiger partial charge in [-0.25, -0.2) is 0 Å². The van der Waals surface area contributed by atoms with Crippen LogP contribution in [0.3, 0.4) is 0 Å². The van der Waals surface area contributed by atoms with Crippen molar-refractivity contribution in [2.45, 2.75) is 210 Å². The summed E-state index contributed by atoms with van der Waals surface area (Å²) in [5.41, 5.74) is 7.77. The second-order valence-electron chi connectivity index (χ2n) is 25.1. The second-order valence-corrected chi connectivity index (χ2v) is 25.1. The molecule has 1 heterocycles. The summed E-state index contributed by atoms with van der Waals surface area (Å²) in [5, 5.41) is 0. The SMILES string of the molecule is CC(C)CCC[C@@H](C)[C@H]1CC[C@H]2[C@@H]3CC[C@H]4Cc5nc6c(nc5C[C@]4(C)[C@H]3CC[C@]12C)C[C@@]1(C)[C@@H](CC[C@@H]2[C@@H]1CC[C@]1(C)[C@@H]([C@H](C)CCCC(C)C)CC[C@@H]21)C6. The third-order valence-corrected chi connectivity index (χ3v) is 21.7. The van der Waals surface area contributed by atoms with Gasteiger partial charge < -0.3 is 0 Å². The third-order valence-electron chi connectivity index (χ3n) is 21.7. The van der Waals surface area contributed by atoms with Crippen LogP contribution in [0.2, 0.25) is 0 Å². The monoisotopic (exact) mass is 765 g/mol. The number of hydrogen-bond donors (Lipinski definition) is 0.